The maximum atomic E-state index is 6.01. The lowest BCUT2D eigenvalue weighted by atomic mass is 9.91. The fraction of sp³-hybridized carbons (Fsp3) is 0.357. The molecule has 0 amide bonds. The Labute approximate surface area is 106 Å². The molecule has 3 rings (SSSR count). The SMILES string of the molecule is CC1(C)CCc2sc(-c3ccccc3N)nc21. The minimum atomic E-state index is 0.230. The van der Waals surface area contributed by atoms with Crippen LogP contribution in [-0.4, -0.2) is 4.98 Å². The number of aromatic nitrogens is 1. The van der Waals surface area contributed by atoms with E-state index in [0.29, 0.717) is 0 Å². The zero-order chi connectivity index (χ0) is 12.0. The van der Waals surface area contributed by atoms with E-state index < -0.39 is 0 Å². The summed E-state index contributed by atoms with van der Waals surface area (Å²) >= 11 is 1.80. The van der Waals surface area contributed by atoms with E-state index in [-0.39, 0.29) is 5.41 Å². The summed E-state index contributed by atoms with van der Waals surface area (Å²) in [5.74, 6) is 0. The molecule has 0 saturated heterocycles. The molecule has 0 fully saturated rings. The monoisotopic (exact) mass is 244 g/mol. The number of rotatable bonds is 1. The van der Waals surface area contributed by atoms with Crippen molar-refractivity contribution in [2.45, 2.75) is 32.1 Å². The number of para-hydroxylation sites is 1. The van der Waals surface area contributed by atoms with Gasteiger partial charge in [0.2, 0.25) is 0 Å². The van der Waals surface area contributed by atoms with Gasteiger partial charge >= 0.3 is 0 Å². The van der Waals surface area contributed by atoms with Crippen LogP contribution in [0.3, 0.4) is 0 Å². The molecule has 0 radical (unpaired) electrons. The highest BCUT2D eigenvalue weighted by Crippen LogP contribution is 2.43. The minimum Gasteiger partial charge on any atom is -0.398 e. The van der Waals surface area contributed by atoms with E-state index in [1.54, 1.807) is 11.3 Å². The number of hydrogen-bond donors (Lipinski definition) is 1. The summed E-state index contributed by atoms with van der Waals surface area (Å²) in [4.78, 5) is 6.25. The first-order chi connectivity index (χ1) is 8.08. The van der Waals surface area contributed by atoms with Gasteiger partial charge in [-0.25, -0.2) is 4.98 Å². The number of anilines is 1. The van der Waals surface area contributed by atoms with Crippen LogP contribution in [0.5, 0.6) is 0 Å². The van der Waals surface area contributed by atoms with Crippen LogP contribution in [-0.2, 0) is 11.8 Å². The topological polar surface area (TPSA) is 38.9 Å². The number of fused-ring (bicyclic) bond motifs is 1. The van der Waals surface area contributed by atoms with E-state index >= 15 is 0 Å². The van der Waals surface area contributed by atoms with E-state index in [2.05, 4.69) is 19.9 Å². The smallest absolute Gasteiger partial charge is 0.125 e. The lowest BCUT2D eigenvalue weighted by Gasteiger charge is -2.15. The van der Waals surface area contributed by atoms with Crippen molar-refractivity contribution < 1.29 is 0 Å². The molecule has 3 heteroatoms. The molecule has 0 saturated carbocycles. The lowest BCUT2D eigenvalue weighted by molar-refractivity contribution is 0.510. The highest BCUT2D eigenvalue weighted by atomic mass is 32.1. The van der Waals surface area contributed by atoms with Crippen molar-refractivity contribution in [2.24, 2.45) is 0 Å². The van der Waals surface area contributed by atoms with Gasteiger partial charge in [-0.05, 0) is 25.0 Å². The van der Waals surface area contributed by atoms with Crippen molar-refractivity contribution in [3.05, 3.63) is 34.8 Å². The number of thiazole rings is 1. The van der Waals surface area contributed by atoms with Crippen LogP contribution in [0.4, 0.5) is 5.69 Å². The Kier molecular flexibility index (Phi) is 2.26. The molecule has 0 unspecified atom stereocenters. The molecule has 0 spiro atoms. The molecule has 1 aromatic carbocycles. The summed E-state index contributed by atoms with van der Waals surface area (Å²) in [6, 6.07) is 7.97. The number of benzene rings is 1. The van der Waals surface area contributed by atoms with Crippen molar-refractivity contribution in [1.29, 1.82) is 0 Å². The quantitative estimate of drug-likeness (QED) is 0.778. The molecule has 0 aliphatic heterocycles. The molecule has 0 atom stereocenters. The fourth-order valence-electron chi connectivity index (χ4n) is 2.40. The Balaban J connectivity index is 2.11. The summed E-state index contributed by atoms with van der Waals surface area (Å²) < 4.78 is 0. The standard InChI is InChI=1S/C14H16N2S/c1-14(2)8-7-11-12(14)16-13(17-11)9-5-3-4-6-10(9)15/h3-6H,7-8,15H2,1-2H3. The van der Waals surface area contributed by atoms with Crippen LogP contribution in [0, 0.1) is 0 Å². The third-order valence-electron chi connectivity index (χ3n) is 3.51. The summed E-state index contributed by atoms with van der Waals surface area (Å²) in [7, 11) is 0. The molecule has 2 nitrogen and oxygen atoms in total. The molecule has 1 aromatic heterocycles. The van der Waals surface area contributed by atoms with Gasteiger partial charge in [-0.15, -0.1) is 11.3 Å². The Morgan fingerprint density at radius 1 is 1.29 bits per heavy atom. The fourth-order valence-corrected chi connectivity index (χ4v) is 3.69. The number of hydrogen-bond acceptors (Lipinski definition) is 3. The number of aryl methyl sites for hydroxylation is 1. The van der Waals surface area contributed by atoms with Gasteiger partial charge in [-0.2, -0.15) is 0 Å². The number of nitrogens with zero attached hydrogens (tertiary/aromatic N) is 1. The van der Waals surface area contributed by atoms with E-state index in [1.807, 2.05) is 18.2 Å². The van der Waals surface area contributed by atoms with E-state index in [0.717, 1.165) is 22.7 Å². The summed E-state index contributed by atoms with van der Waals surface area (Å²) in [6.07, 6.45) is 2.37. The lowest BCUT2D eigenvalue weighted by Crippen LogP contribution is -2.12. The molecule has 1 aliphatic rings. The predicted octanol–water partition coefficient (Wildman–Crippen LogP) is 3.62. The van der Waals surface area contributed by atoms with E-state index in [4.69, 9.17) is 10.7 Å². The summed E-state index contributed by atoms with van der Waals surface area (Å²) in [5.41, 5.74) is 9.40. The normalized spacial score (nSPS) is 17.1. The van der Waals surface area contributed by atoms with Crippen molar-refractivity contribution in [2.75, 3.05) is 5.73 Å². The molecule has 1 heterocycles. The Morgan fingerprint density at radius 3 is 2.76 bits per heavy atom. The Hall–Kier alpha value is -1.35. The zero-order valence-corrected chi connectivity index (χ0v) is 11.0. The van der Waals surface area contributed by atoms with Crippen LogP contribution in [0.1, 0.15) is 30.8 Å². The van der Waals surface area contributed by atoms with Gasteiger partial charge in [0.15, 0.2) is 0 Å². The Bertz CT molecular complexity index is 569. The van der Waals surface area contributed by atoms with Crippen molar-refractivity contribution in [3.63, 3.8) is 0 Å². The van der Waals surface area contributed by atoms with Crippen LogP contribution in [0.25, 0.3) is 10.6 Å². The maximum absolute atomic E-state index is 6.01. The van der Waals surface area contributed by atoms with Crippen molar-refractivity contribution in [3.8, 4) is 10.6 Å². The first kappa shape index (κ1) is 10.8. The molecule has 17 heavy (non-hydrogen) atoms. The van der Waals surface area contributed by atoms with E-state index in [1.165, 1.54) is 17.0 Å². The second-order valence-corrected chi connectivity index (χ2v) is 6.35. The summed E-state index contributed by atoms with van der Waals surface area (Å²) in [6.45, 7) is 4.55. The number of nitrogen functional groups attached to an aromatic ring is 1. The van der Waals surface area contributed by atoms with Gasteiger partial charge in [0.25, 0.3) is 0 Å². The highest BCUT2D eigenvalue weighted by Gasteiger charge is 2.33. The Morgan fingerprint density at radius 2 is 2.06 bits per heavy atom. The van der Waals surface area contributed by atoms with Gasteiger partial charge in [0, 0.05) is 21.5 Å². The molecule has 1 aliphatic carbocycles. The van der Waals surface area contributed by atoms with Gasteiger partial charge in [-0.1, -0.05) is 26.0 Å². The third-order valence-corrected chi connectivity index (χ3v) is 4.66. The van der Waals surface area contributed by atoms with Gasteiger partial charge in [0.05, 0.1) is 5.69 Å². The van der Waals surface area contributed by atoms with Gasteiger partial charge in [0.1, 0.15) is 5.01 Å². The van der Waals surface area contributed by atoms with E-state index in [9.17, 15) is 0 Å². The molecular weight excluding hydrogens is 228 g/mol. The third kappa shape index (κ3) is 1.65. The van der Waals surface area contributed by atoms with Gasteiger partial charge < -0.3 is 5.73 Å². The average molecular weight is 244 g/mol. The first-order valence-corrected chi connectivity index (χ1v) is 6.75. The molecule has 0 bridgehead atoms. The molecule has 88 valence electrons. The van der Waals surface area contributed by atoms with Crippen molar-refractivity contribution >= 4 is 17.0 Å². The first-order valence-electron chi connectivity index (χ1n) is 5.93. The minimum absolute atomic E-state index is 0.230. The molecule has 2 N–H and O–H groups in total. The van der Waals surface area contributed by atoms with Crippen LogP contribution in [0.2, 0.25) is 0 Å². The predicted molar refractivity (Wildman–Crippen MR) is 73.3 cm³/mol. The average Bonchev–Trinajstić information content (AvgIpc) is 2.81. The largest absolute Gasteiger partial charge is 0.398 e. The summed E-state index contributed by atoms with van der Waals surface area (Å²) in [5, 5.41) is 1.07. The number of nitrogens with two attached hydrogens (primary N) is 1. The second-order valence-electron chi connectivity index (χ2n) is 5.26. The van der Waals surface area contributed by atoms with Crippen molar-refractivity contribution in [1.82, 2.24) is 4.98 Å². The van der Waals surface area contributed by atoms with Gasteiger partial charge in [-0.3, -0.25) is 0 Å². The molecule has 2 aromatic rings. The van der Waals surface area contributed by atoms with Crippen LogP contribution in [0.15, 0.2) is 24.3 Å². The molecular formula is C14H16N2S. The highest BCUT2D eigenvalue weighted by molar-refractivity contribution is 7.15. The maximum Gasteiger partial charge on any atom is 0.125 e. The second kappa shape index (κ2) is 3.57. The van der Waals surface area contributed by atoms with Crippen LogP contribution >= 0.6 is 11.3 Å². The zero-order valence-electron chi connectivity index (χ0n) is 10.2. The van der Waals surface area contributed by atoms with Crippen LogP contribution < -0.4 is 5.73 Å².